The van der Waals surface area contributed by atoms with Crippen LogP contribution in [0.3, 0.4) is 0 Å². The number of aliphatic hydroxyl groups excluding tert-OH is 1. The average molecular weight is 256 g/mol. The van der Waals surface area contributed by atoms with Crippen LogP contribution >= 0.6 is 34.8 Å². The van der Waals surface area contributed by atoms with Crippen LogP contribution in [0, 0.1) is 0 Å². The Labute approximate surface area is 92.4 Å². The molecule has 0 saturated carbocycles. The Morgan fingerprint density at radius 3 is 1.23 bits per heavy atom. The van der Waals surface area contributed by atoms with Crippen LogP contribution in [0.5, 0.6) is 0 Å². The minimum absolute atomic E-state index is 0.167. The smallest absolute Gasteiger partial charge is 0.290 e. The molecule has 82 valence electrons. The minimum atomic E-state index is -0.750. The van der Waals surface area contributed by atoms with E-state index in [1.54, 1.807) is 0 Å². The third-order valence-electron chi connectivity index (χ3n) is 0. The van der Waals surface area contributed by atoms with Gasteiger partial charge in [-0.15, -0.1) is 0 Å². The number of ketones is 1. The van der Waals surface area contributed by atoms with Crippen molar-refractivity contribution in [2.75, 3.05) is 7.11 Å². The van der Waals surface area contributed by atoms with Crippen molar-refractivity contribution in [3.05, 3.63) is 0 Å². The molecule has 7 heteroatoms. The van der Waals surface area contributed by atoms with Crippen molar-refractivity contribution >= 4 is 47.1 Å². The lowest BCUT2D eigenvalue weighted by Gasteiger charge is -1.69. The lowest BCUT2D eigenvalue weighted by molar-refractivity contribution is -0.123. The number of hydrogen-bond acceptors (Lipinski definition) is 3. The Morgan fingerprint density at radius 1 is 1.23 bits per heavy atom. The molecule has 0 rings (SSSR count). The molecule has 0 fully saturated rings. The highest BCUT2D eigenvalue weighted by Gasteiger charge is 1.78. The monoisotopic (exact) mass is 254 g/mol. The number of carbonyl (C=O) groups is 2. The molecular formula is C6H13Cl3O4. The third-order valence-corrected chi connectivity index (χ3v) is 0. The van der Waals surface area contributed by atoms with Gasteiger partial charge in [0.1, 0.15) is 5.78 Å². The third kappa shape index (κ3) is 1320000. The summed E-state index contributed by atoms with van der Waals surface area (Å²) in [6.45, 7) is 2.81. The summed E-state index contributed by atoms with van der Waals surface area (Å²) in [5.74, 6) is 0.167. The second-order valence-electron chi connectivity index (χ2n) is 1.26. The van der Waals surface area contributed by atoms with Crippen LogP contribution in [0.25, 0.3) is 0 Å². The molecular weight excluding hydrogens is 242 g/mol. The Kier molecular flexibility index (Phi) is 52.7. The normalized spacial score (nSPS) is 6.15. The molecule has 0 heterocycles. The first-order valence-corrected chi connectivity index (χ1v) is 4.11. The summed E-state index contributed by atoms with van der Waals surface area (Å²) in [5, 5.41) is 13.9. The number of rotatable bonds is 0. The molecule has 0 aliphatic carbocycles. The molecule has 0 unspecified atom stereocenters. The van der Waals surface area contributed by atoms with Gasteiger partial charge in [-0.1, -0.05) is 34.8 Å². The van der Waals surface area contributed by atoms with Crippen LogP contribution in [0.15, 0.2) is 0 Å². The van der Waals surface area contributed by atoms with E-state index in [2.05, 4.69) is 0 Å². The van der Waals surface area contributed by atoms with Gasteiger partial charge in [-0.2, -0.15) is 0 Å². The molecule has 0 radical (unpaired) electrons. The van der Waals surface area contributed by atoms with Crippen LogP contribution in [0.2, 0.25) is 0 Å². The zero-order chi connectivity index (χ0) is 11.9. The quantitative estimate of drug-likeness (QED) is 0.512. The maximum atomic E-state index is 9.44. The standard InChI is InChI=1S/C3H6O.CHCl3.CH2O2.CH4O/c1-3(2)4;2-1(3)4;2-1-3;1-2/h1-2H3;1H;1H,(H,2,3);2H,1H3. The van der Waals surface area contributed by atoms with Crippen molar-refractivity contribution in [2.24, 2.45) is 0 Å². The molecule has 4 nitrogen and oxygen atoms in total. The van der Waals surface area contributed by atoms with E-state index in [0.717, 1.165) is 7.11 Å². The van der Waals surface area contributed by atoms with E-state index >= 15 is 0 Å². The summed E-state index contributed by atoms with van der Waals surface area (Å²) >= 11 is 14.4. The number of aliphatic hydroxyl groups is 1. The molecule has 0 aromatic heterocycles. The first-order valence-electron chi connectivity index (χ1n) is 2.80. The van der Waals surface area contributed by atoms with Crippen molar-refractivity contribution in [1.29, 1.82) is 0 Å². The molecule has 0 saturated heterocycles. The van der Waals surface area contributed by atoms with Crippen LogP contribution in [0.1, 0.15) is 13.8 Å². The van der Waals surface area contributed by atoms with Crippen LogP contribution in [-0.4, -0.2) is 33.9 Å². The lowest BCUT2D eigenvalue weighted by atomic mass is 10.6. The molecule has 0 aromatic rings. The van der Waals surface area contributed by atoms with Gasteiger partial charge in [0.2, 0.25) is 0 Å². The Balaban J connectivity index is -0.0000000431. The maximum Gasteiger partial charge on any atom is 0.290 e. The average Bonchev–Trinajstić information content (AvgIpc) is 1.89. The van der Waals surface area contributed by atoms with Gasteiger partial charge >= 0.3 is 0 Å². The van der Waals surface area contributed by atoms with E-state index in [9.17, 15) is 4.79 Å². The predicted octanol–water partition coefficient (Wildman–Crippen LogP) is 1.89. The zero-order valence-corrected chi connectivity index (χ0v) is 9.77. The summed E-state index contributed by atoms with van der Waals surface area (Å²) in [5.41, 5.74) is 0. The molecule has 0 aliphatic rings. The van der Waals surface area contributed by atoms with Gasteiger partial charge in [-0.05, 0) is 13.8 Å². The minimum Gasteiger partial charge on any atom is -0.483 e. The van der Waals surface area contributed by atoms with Crippen LogP contribution < -0.4 is 0 Å². The molecule has 0 atom stereocenters. The van der Waals surface area contributed by atoms with Crippen LogP contribution in [-0.2, 0) is 9.59 Å². The Hall–Kier alpha value is -0.0300. The van der Waals surface area contributed by atoms with Crippen molar-refractivity contribution < 1.29 is 19.8 Å². The Bertz CT molecular complexity index is 91.1. The highest BCUT2D eigenvalue weighted by atomic mass is 35.6. The Morgan fingerprint density at radius 2 is 1.23 bits per heavy atom. The largest absolute Gasteiger partial charge is 0.483 e. The molecule has 0 spiro atoms. The van der Waals surface area contributed by atoms with E-state index in [1.165, 1.54) is 13.8 Å². The number of Topliss-reactive ketones (excluding diaryl/α,β-unsaturated/α-hetero) is 1. The van der Waals surface area contributed by atoms with Crippen molar-refractivity contribution in [3.8, 4) is 0 Å². The van der Waals surface area contributed by atoms with Gasteiger partial charge in [-0.3, -0.25) is 4.79 Å². The topological polar surface area (TPSA) is 74.6 Å². The van der Waals surface area contributed by atoms with E-state index < -0.39 is 4.30 Å². The van der Waals surface area contributed by atoms with Gasteiger partial charge in [-0.25, -0.2) is 0 Å². The van der Waals surface area contributed by atoms with Gasteiger partial charge in [0, 0.05) is 7.11 Å². The SMILES string of the molecule is CC(C)=O.CO.ClC(Cl)Cl.O=CO. The van der Waals surface area contributed by atoms with E-state index in [0.29, 0.717) is 0 Å². The van der Waals surface area contributed by atoms with E-state index in [1.807, 2.05) is 0 Å². The van der Waals surface area contributed by atoms with E-state index in [-0.39, 0.29) is 12.3 Å². The van der Waals surface area contributed by atoms with Crippen LogP contribution in [0.4, 0.5) is 0 Å². The highest BCUT2D eigenvalue weighted by Crippen LogP contribution is 2.03. The highest BCUT2D eigenvalue weighted by molar-refractivity contribution is 6.63. The number of carboxylic acid groups (broad SMARTS) is 1. The molecule has 0 bridgehead atoms. The number of hydrogen-bond donors (Lipinski definition) is 2. The van der Waals surface area contributed by atoms with Gasteiger partial charge < -0.3 is 15.0 Å². The molecule has 0 amide bonds. The summed E-state index contributed by atoms with van der Waals surface area (Å²) < 4.78 is -0.750. The zero-order valence-electron chi connectivity index (χ0n) is 7.50. The fourth-order valence-electron chi connectivity index (χ4n) is 0. The van der Waals surface area contributed by atoms with Crippen molar-refractivity contribution in [1.82, 2.24) is 0 Å². The molecule has 0 aliphatic heterocycles. The fourth-order valence-corrected chi connectivity index (χ4v) is 0. The second-order valence-corrected chi connectivity index (χ2v) is 3.24. The molecule has 0 aromatic carbocycles. The first kappa shape index (κ1) is 23.1. The maximum absolute atomic E-state index is 9.44. The summed E-state index contributed by atoms with van der Waals surface area (Å²) in [6, 6.07) is 0. The molecule has 2 N–H and O–H groups in total. The summed E-state index contributed by atoms with van der Waals surface area (Å²) in [4.78, 5) is 17.8. The second kappa shape index (κ2) is 29.7. The predicted molar refractivity (Wildman–Crippen MR) is 54.5 cm³/mol. The first-order chi connectivity index (χ1) is 5.88. The number of carbonyl (C=O) groups excluding carboxylic acids is 1. The van der Waals surface area contributed by atoms with Gasteiger partial charge in [0.25, 0.3) is 6.47 Å². The fraction of sp³-hybridized carbons (Fsp3) is 0.667. The number of alkyl halides is 3. The summed E-state index contributed by atoms with van der Waals surface area (Å²) in [6.07, 6.45) is 0. The lowest BCUT2D eigenvalue weighted by Crippen LogP contribution is -1.69. The molecule has 13 heavy (non-hydrogen) atoms. The van der Waals surface area contributed by atoms with Gasteiger partial charge in [0.15, 0.2) is 4.30 Å². The number of halogens is 3. The van der Waals surface area contributed by atoms with E-state index in [4.69, 9.17) is 49.8 Å². The van der Waals surface area contributed by atoms with Crippen molar-refractivity contribution in [3.63, 3.8) is 0 Å². The summed E-state index contributed by atoms with van der Waals surface area (Å²) in [7, 11) is 1.00. The van der Waals surface area contributed by atoms with Crippen molar-refractivity contribution in [2.45, 2.75) is 18.1 Å². The van der Waals surface area contributed by atoms with Gasteiger partial charge in [0.05, 0.1) is 0 Å².